The highest BCUT2D eigenvalue weighted by Crippen LogP contribution is 2.31. The molecule has 1 aromatic heterocycles. The summed E-state index contributed by atoms with van der Waals surface area (Å²) in [6.45, 7) is 1.96. The SMILES string of the molecule is COC(=O)c1ccc(C(=O)Nc2nc(-c3ccc(OC)cc3)c(C)s2)cc1. The highest BCUT2D eigenvalue weighted by Gasteiger charge is 2.14. The lowest BCUT2D eigenvalue weighted by atomic mass is 10.1. The Morgan fingerprint density at radius 2 is 1.59 bits per heavy atom. The van der Waals surface area contributed by atoms with Crippen LogP contribution in [0, 0.1) is 6.92 Å². The number of hydrogen-bond acceptors (Lipinski definition) is 6. The summed E-state index contributed by atoms with van der Waals surface area (Å²) >= 11 is 1.41. The van der Waals surface area contributed by atoms with Gasteiger partial charge in [0.15, 0.2) is 5.13 Å². The van der Waals surface area contributed by atoms with Crippen molar-refractivity contribution in [3.8, 4) is 17.0 Å². The van der Waals surface area contributed by atoms with Gasteiger partial charge in [0.1, 0.15) is 5.75 Å². The highest BCUT2D eigenvalue weighted by molar-refractivity contribution is 7.16. The molecule has 0 atom stereocenters. The van der Waals surface area contributed by atoms with Crippen molar-refractivity contribution in [2.45, 2.75) is 6.92 Å². The summed E-state index contributed by atoms with van der Waals surface area (Å²) in [6, 6.07) is 13.9. The van der Waals surface area contributed by atoms with Crippen LogP contribution in [0.1, 0.15) is 25.6 Å². The molecule has 138 valence electrons. The molecule has 0 aliphatic carbocycles. The minimum Gasteiger partial charge on any atom is -0.497 e. The third-order valence-electron chi connectivity index (χ3n) is 3.95. The van der Waals surface area contributed by atoms with Gasteiger partial charge in [-0.3, -0.25) is 10.1 Å². The highest BCUT2D eigenvalue weighted by atomic mass is 32.1. The summed E-state index contributed by atoms with van der Waals surface area (Å²) in [5.41, 5.74) is 2.59. The molecule has 0 fully saturated rings. The van der Waals surface area contributed by atoms with E-state index in [0.717, 1.165) is 21.9 Å². The predicted molar refractivity (Wildman–Crippen MR) is 105 cm³/mol. The molecule has 0 spiro atoms. The van der Waals surface area contributed by atoms with Crippen LogP contribution in [0.25, 0.3) is 11.3 Å². The number of hydrogen-bond donors (Lipinski definition) is 1. The average Bonchev–Trinajstić information content (AvgIpc) is 3.07. The van der Waals surface area contributed by atoms with Gasteiger partial charge in [0.05, 0.1) is 25.5 Å². The van der Waals surface area contributed by atoms with Crippen LogP contribution in [0.3, 0.4) is 0 Å². The van der Waals surface area contributed by atoms with Crippen molar-refractivity contribution >= 4 is 28.3 Å². The number of esters is 1. The number of aryl methyl sites for hydroxylation is 1. The Kier molecular flexibility index (Phi) is 5.52. The minimum atomic E-state index is -0.443. The van der Waals surface area contributed by atoms with E-state index in [0.29, 0.717) is 16.3 Å². The zero-order valence-electron chi connectivity index (χ0n) is 15.1. The van der Waals surface area contributed by atoms with E-state index in [1.807, 2.05) is 31.2 Å². The predicted octanol–water partition coefficient (Wildman–Crippen LogP) is 4.17. The molecular formula is C20H18N2O4S. The third kappa shape index (κ3) is 4.15. The van der Waals surface area contributed by atoms with Gasteiger partial charge in [-0.1, -0.05) is 0 Å². The maximum Gasteiger partial charge on any atom is 0.337 e. The van der Waals surface area contributed by atoms with Crippen molar-refractivity contribution in [3.63, 3.8) is 0 Å². The van der Waals surface area contributed by atoms with Gasteiger partial charge in [-0.15, -0.1) is 11.3 Å². The van der Waals surface area contributed by atoms with Gasteiger partial charge in [-0.2, -0.15) is 0 Å². The molecule has 2 aromatic carbocycles. The molecule has 0 saturated heterocycles. The number of nitrogens with zero attached hydrogens (tertiary/aromatic N) is 1. The van der Waals surface area contributed by atoms with Gasteiger partial charge in [-0.05, 0) is 55.5 Å². The molecule has 3 rings (SSSR count). The summed E-state index contributed by atoms with van der Waals surface area (Å²) in [5, 5.41) is 3.32. The molecule has 27 heavy (non-hydrogen) atoms. The number of ether oxygens (including phenoxy) is 2. The Hall–Kier alpha value is -3.19. The molecule has 0 bridgehead atoms. The standard InChI is InChI=1S/C20H18N2O4S/c1-12-17(13-8-10-16(25-2)11-9-13)21-20(27-12)22-18(23)14-4-6-15(7-5-14)19(24)26-3/h4-11H,1-3H3,(H,21,22,23). The number of carbonyl (C=O) groups is 2. The van der Waals surface area contributed by atoms with Crippen LogP contribution in [-0.2, 0) is 4.74 Å². The Bertz CT molecular complexity index is 963. The fourth-order valence-corrected chi connectivity index (χ4v) is 3.34. The van der Waals surface area contributed by atoms with Crippen molar-refractivity contribution < 1.29 is 19.1 Å². The number of thiazole rings is 1. The van der Waals surface area contributed by atoms with E-state index in [9.17, 15) is 9.59 Å². The van der Waals surface area contributed by atoms with Gasteiger partial charge in [0, 0.05) is 16.0 Å². The van der Waals surface area contributed by atoms with Crippen LogP contribution in [0.15, 0.2) is 48.5 Å². The number of amides is 1. The number of aromatic nitrogens is 1. The summed E-state index contributed by atoms with van der Waals surface area (Å²) in [5.74, 6) is 0.0404. The van der Waals surface area contributed by atoms with Crippen LogP contribution in [0.5, 0.6) is 5.75 Å². The molecule has 1 amide bonds. The monoisotopic (exact) mass is 382 g/mol. The van der Waals surface area contributed by atoms with Crippen LogP contribution >= 0.6 is 11.3 Å². The molecule has 6 nitrogen and oxygen atoms in total. The second-order valence-corrected chi connectivity index (χ2v) is 6.88. The maximum atomic E-state index is 12.4. The number of methoxy groups -OCH3 is 2. The van der Waals surface area contributed by atoms with E-state index in [4.69, 9.17) is 4.74 Å². The zero-order chi connectivity index (χ0) is 19.4. The quantitative estimate of drug-likeness (QED) is 0.670. The molecule has 0 unspecified atom stereocenters. The molecule has 3 aromatic rings. The third-order valence-corrected chi connectivity index (χ3v) is 4.83. The first-order chi connectivity index (χ1) is 13.0. The van der Waals surface area contributed by atoms with Crippen molar-refractivity contribution in [3.05, 3.63) is 64.5 Å². The zero-order valence-corrected chi connectivity index (χ0v) is 15.9. The topological polar surface area (TPSA) is 77.5 Å². The maximum absolute atomic E-state index is 12.4. The Morgan fingerprint density at radius 3 is 2.19 bits per heavy atom. The lowest BCUT2D eigenvalue weighted by Crippen LogP contribution is -2.12. The van der Waals surface area contributed by atoms with Gasteiger partial charge < -0.3 is 9.47 Å². The van der Waals surface area contributed by atoms with Gasteiger partial charge in [0.25, 0.3) is 5.91 Å². The van der Waals surface area contributed by atoms with E-state index in [1.54, 1.807) is 31.4 Å². The van der Waals surface area contributed by atoms with Crippen LogP contribution < -0.4 is 10.1 Å². The Labute approximate surface area is 160 Å². The molecule has 0 aliphatic rings. The first-order valence-electron chi connectivity index (χ1n) is 8.13. The van der Waals surface area contributed by atoms with E-state index in [1.165, 1.54) is 18.4 Å². The summed E-state index contributed by atoms with van der Waals surface area (Å²) in [7, 11) is 2.93. The average molecular weight is 382 g/mol. The Balaban J connectivity index is 1.75. The lowest BCUT2D eigenvalue weighted by Gasteiger charge is -2.03. The molecular weight excluding hydrogens is 364 g/mol. The lowest BCUT2D eigenvalue weighted by molar-refractivity contribution is 0.0600. The van der Waals surface area contributed by atoms with E-state index in [-0.39, 0.29) is 5.91 Å². The van der Waals surface area contributed by atoms with Gasteiger partial charge >= 0.3 is 5.97 Å². The number of benzene rings is 2. The van der Waals surface area contributed by atoms with Crippen molar-refractivity contribution in [1.29, 1.82) is 0 Å². The fraction of sp³-hybridized carbons (Fsp3) is 0.150. The summed E-state index contributed by atoms with van der Waals surface area (Å²) < 4.78 is 9.82. The van der Waals surface area contributed by atoms with Crippen LogP contribution in [-0.4, -0.2) is 31.1 Å². The number of nitrogens with one attached hydrogen (secondary N) is 1. The molecule has 7 heteroatoms. The summed E-state index contributed by atoms with van der Waals surface area (Å²) in [4.78, 5) is 29.4. The molecule has 1 heterocycles. The number of anilines is 1. The fourth-order valence-electron chi connectivity index (χ4n) is 2.51. The normalized spacial score (nSPS) is 10.3. The molecule has 1 N–H and O–H groups in total. The first kappa shape index (κ1) is 18.6. The van der Waals surface area contributed by atoms with Gasteiger partial charge in [-0.25, -0.2) is 9.78 Å². The molecule has 0 saturated carbocycles. The molecule has 0 aliphatic heterocycles. The number of rotatable bonds is 5. The second kappa shape index (κ2) is 8.01. The van der Waals surface area contributed by atoms with E-state index < -0.39 is 5.97 Å². The largest absolute Gasteiger partial charge is 0.497 e. The van der Waals surface area contributed by atoms with Crippen LogP contribution in [0.4, 0.5) is 5.13 Å². The van der Waals surface area contributed by atoms with Crippen molar-refractivity contribution in [2.75, 3.05) is 19.5 Å². The number of carbonyl (C=O) groups excluding carboxylic acids is 2. The van der Waals surface area contributed by atoms with Gasteiger partial charge in [0.2, 0.25) is 0 Å². The minimum absolute atomic E-state index is 0.290. The molecule has 0 radical (unpaired) electrons. The van der Waals surface area contributed by atoms with Crippen LogP contribution in [0.2, 0.25) is 0 Å². The smallest absolute Gasteiger partial charge is 0.337 e. The van der Waals surface area contributed by atoms with E-state index in [2.05, 4.69) is 15.0 Å². The van der Waals surface area contributed by atoms with Crippen molar-refractivity contribution in [1.82, 2.24) is 4.98 Å². The van der Waals surface area contributed by atoms with E-state index >= 15 is 0 Å². The first-order valence-corrected chi connectivity index (χ1v) is 8.95. The second-order valence-electron chi connectivity index (χ2n) is 5.68. The summed E-state index contributed by atoms with van der Waals surface area (Å²) in [6.07, 6.45) is 0. The Morgan fingerprint density at radius 1 is 0.963 bits per heavy atom. The van der Waals surface area contributed by atoms with Crippen molar-refractivity contribution in [2.24, 2.45) is 0 Å².